The number of nitrogens with zero attached hydrogens (tertiary/aromatic N) is 2. The molecular formula is C17H22ClFN4O. The summed E-state index contributed by atoms with van der Waals surface area (Å²) in [5.41, 5.74) is 0.696. The number of aryl methyl sites for hydroxylation is 1. The molecule has 130 valence electrons. The molecule has 0 bridgehead atoms. The van der Waals surface area contributed by atoms with Gasteiger partial charge in [-0.15, -0.1) is 12.4 Å². The number of hydrogen-bond donors (Lipinski definition) is 2. The molecule has 2 heterocycles. The molecule has 1 amide bonds. The summed E-state index contributed by atoms with van der Waals surface area (Å²) >= 11 is 0. The fourth-order valence-corrected chi connectivity index (χ4v) is 2.98. The third-order valence-electron chi connectivity index (χ3n) is 4.30. The van der Waals surface area contributed by atoms with Crippen molar-refractivity contribution in [1.82, 2.24) is 20.2 Å². The number of benzene rings is 1. The average Bonchev–Trinajstić information content (AvgIpc) is 2.99. The zero-order chi connectivity index (χ0) is 16.2. The molecule has 5 nitrogen and oxygen atoms in total. The number of rotatable bonds is 4. The van der Waals surface area contributed by atoms with Crippen molar-refractivity contribution < 1.29 is 9.18 Å². The summed E-state index contributed by atoms with van der Waals surface area (Å²) in [6, 6.07) is 5.85. The minimum Gasteiger partial charge on any atom is -0.342 e. The summed E-state index contributed by atoms with van der Waals surface area (Å²) < 4.78 is 15.5. The number of aromatic nitrogens is 2. The maximum atomic E-state index is 13.6. The van der Waals surface area contributed by atoms with Gasteiger partial charge in [0.15, 0.2) is 0 Å². The quantitative estimate of drug-likeness (QED) is 0.886. The largest absolute Gasteiger partial charge is 0.342 e. The van der Waals surface area contributed by atoms with E-state index in [0.717, 1.165) is 25.9 Å². The van der Waals surface area contributed by atoms with Crippen LogP contribution in [0.4, 0.5) is 4.39 Å². The van der Waals surface area contributed by atoms with E-state index in [2.05, 4.69) is 15.6 Å². The molecule has 1 fully saturated rings. The Hall–Kier alpha value is -1.92. The molecule has 2 aromatic rings. The molecule has 0 radical (unpaired) electrons. The highest BCUT2D eigenvalue weighted by Crippen LogP contribution is 2.23. The molecule has 1 saturated heterocycles. The Morgan fingerprint density at radius 3 is 2.79 bits per heavy atom. The number of imidazole rings is 1. The second-order valence-corrected chi connectivity index (χ2v) is 5.92. The van der Waals surface area contributed by atoms with E-state index in [1.807, 2.05) is 23.9 Å². The Morgan fingerprint density at radius 1 is 1.42 bits per heavy atom. The number of hydrogen-bond acceptors (Lipinski definition) is 3. The number of carbonyl (C=O) groups excluding carboxylic acids is 1. The van der Waals surface area contributed by atoms with E-state index in [9.17, 15) is 9.18 Å². The number of piperidine rings is 1. The van der Waals surface area contributed by atoms with Crippen LogP contribution < -0.4 is 10.6 Å². The Balaban J connectivity index is 0.00000208. The van der Waals surface area contributed by atoms with E-state index in [-0.39, 0.29) is 30.0 Å². The van der Waals surface area contributed by atoms with Crippen LogP contribution in [0, 0.1) is 11.7 Å². The van der Waals surface area contributed by atoms with Crippen LogP contribution in [0.15, 0.2) is 36.7 Å². The van der Waals surface area contributed by atoms with Gasteiger partial charge in [0.05, 0.1) is 0 Å². The van der Waals surface area contributed by atoms with Gasteiger partial charge in [0, 0.05) is 25.4 Å². The predicted octanol–water partition coefficient (Wildman–Crippen LogP) is 2.19. The molecule has 1 aliphatic heterocycles. The molecule has 7 heteroatoms. The lowest BCUT2D eigenvalue weighted by atomic mass is 9.96. The van der Waals surface area contributed by atoms with E-state index in [4.69, 9.17) is 0 Å². The van der Waals surface area contributed by atoms with E-state index in [1.54, 1.807) is 12.3 Å². The van der Waals surface area contributed by atoms with Crippen LogP contribution in [0.25, 0.3) is 0 Å². The lowest BCUT2D eigenvalue weighted by molar-refractivity contribution is -0.126. The lowest BCUT2D eigenvalue weighted by Gasteiger charge is -2.25. The molecule has 3 rings (SSSR count). The first-order valence-corrected chi connectivity index (χ1v) is 7.89. The first kappa shape index (κ1) is 18.4. The molecule has 1 unspecified atom stereocenters. The van der Waals surface area contributed by atoms with E-state index >= 15 is 0 Å². The zero-order valence-electron chi connectivity index (χ0n) is 13.5. The normalized spacial score (nSPS) is 16.2. The van der Waals surface area contributed by atoms with Crippen molar-refractivity contribution in [3.8, 4) is 0 Å². The Labute approximate surface area is 147 Å². The molecule has 2 N–H and O–H groups in total. The second kappa shape index (κ2) is 8.26. The lowest BCUT2D eigenvalue weighted by Crippen LogP contribution is -2.40. The van der Waals surface area contributed by atoms with Crippen molar-refractivity contribution in [2.45, 2.75) is 18.9 Å². The smallest absolute Gasteiger partial charge is 0.224 e. The zero-order valence-corrected chi connectivity index (χ0v) is 14.4. The maximum absolute atomic E-state index is 13.6. The topological polar surface area (TPSA) is 59.0 Å². The highest BCUT2D eigenvalue weighted by atomic mass is 35.5. The minimum atomic E-state index is -0.451. The molecule has 0 aliphatic carbocycles. The molecule has 1 aromatic carbocycles. The highest BCUT2D eigenvalue weighted by Gasteiger charge is 2.26. The van der Waals surface area contributed by atoms with Gasteiger partial charge < -0.3 is 15.2 Å². The highest BCUT2D eigenvalue weighted by molar-refractivity contribution is 5.85. The van der Waals surface area contributed by atoms with Crippen LogP contribution in [-0.2, 0) is 11.8 Å². The van der Waals surface area contributed by atoms with Gasteiger partial charge >= 0.3 is 0 Å². The van der Waals surface area contributed by atoms with Crippen molar-refractivity contribution in [3.05, 3.63) is 53.9 Å². The van der Waals surface area contributed by atoms with E-state index in [0.29, 0.717) is 11.4 Å². The van der Waals surface area contributed by atoms with Gasteiger partial charge in [0.1, 0.15) is 17.7 Å². The number of carbonyl (C=O) groups is 1. The average molecular weight is 353 g/mol. The van der Waals surface area contributed by atoms with Crippen LogP contribution in [-0.4, -0.2) is 28.5 Å². The van der Waals surface area contributed by atoms with Gasteiger partial charge in [-0.05, 0) is 43.6 Å². The fourth-order valence-electron chi connectivity index (χ4n) is 2.98. The van der Waals surface area contributed by atoms with Crippen LogP contribution >= 0.6 is 12.4 Å². The Bertz CT molecular complexity index is 685. The summed E-state index contributed by atoms with van der Waals surface area (Å²) in [6.45, 7) is 1.70. The summed E-state index contributed by atoms with van der Waals surface area (Å²) in [7, 11) is 1.87. The van der Waals surface area contributed by atoms with Gasteiger partial charge in [-0.25, -0.2) is 9.37 Å². The summed E-state index contributed by atoms with van der Waals surface area (Å²) in [5.74, 6) is 0.368. The Kier molecular flexibility index (Phi) is 6.34. The third kappa shape index (κ3) is 4.13. The molecular weight excluding hydrogens is 331 g/mol. The molecule has 24 heavy (non-hydrogen) atoms. The van der Waals surface area contributed by atoms with Crippen LogP contribution in [0.2, 0.25) is 0 Å². The van der Waals surface area contributed by atoms with Crippen molar-refractivity contribution in [2.24, 2.45) is 13.0 Å². The maximum Gasteiger partial charge on any atom is 0.224 e. The van der Waals surface area contributed by atoms with Crippen molar-refractivity contribution in [3.63, 3.8) is 0 Å². The minimum absolute atomic E-state index is 0. The van der Waals surface area contributed by atoms with Crippen LogP contribution in [0.3, 0.4) is 0 Å². The molecule has 0 spiro atoms. The number of halogens is 2. The second-order valence-electron chi connectivity index (χ2n) is 5.92. The summed E-state index contributed by atoms with van der Waals surface area (Å²) in [4.78, 5) is 16.9. The van der Waals surface area contributed by atoms with Crippen molar-refractivity contribution in [1.29, 1.82) is 0 Å². The summed E-state index contributed by atoms with van der Waals surface area (Å²) in [6.07, 6.45) is 5.14. The van der Waals surface area contributed by atoms with Crippen molar-refractivity contribution in [2.75, 3.05) is 13.1 Å². The van der Waals surface area contributed by atoms with Gasteiger partial charge in [0.2, 0.25) is 5.91 Å². The van der Waals surface area contributed by atoms with Gasteiger partial charge in [-0.3, -0.25) is 4.79 Å². The number of nitrogens with one attached hydrogen (secondary N) is 2. The third-order valence-corrected chi connectivity index (χ3v) is 4.30. The van der Waals surface area contributed by atoms with Gasteiger partial charge in [-0.1, -0.05) is 12.1 Å². The van der Waals surface area contributed by atoms with Crippen LogP contribution in [0.1, 0.15) is 30.3 Å². The van der Waals surface area contributed by atoms with Crippen molar-refractivity contribution >= 4 is 18.3 Å². The molecule has 0 saturated carbocycles. The molecule has 1 aliphatic rings. The first-order chi connectivity index (χ1) is 11.1. The predicted molar refractivity (Wildman–Crippen MR) is 92.4 cm³/mol. The molecule has 1 atom stereocenters. The van der Waals surface area contributed by atoms with E-state index in [1.165, 1.54) is 12.1 Å². The SMILES string of the molecule is Cl.Cn1ccnc1C(NC(=O)C1CCNCC1)c1cccc(F)c1. The standard InChI is InChI=1S/C17H21FN4O.ClH/c1-22-10-9-20-16(22)15(13-3-2-4-14(18)11-13)21-17(23)12-5-7-19-8-6-12;/h2-4,9-12,15,19H,5-8H2,1H3,(H,21,23);1H. The van der Waals surface area contributed by atoms with Crippen LogP contribution in [0.5, 0.6) is 0 Å². The summed E-state index contributed by atoms with van der Waals surface area (Å²) in [5, 5.41) is 6.31. The van der Waals surface area contributed by atoms with E-state index < -0.39 is 6.04 Å². The van der Waals surface area contributed by atoms with Gasteiger partial charge in [-0.2, -0.15) is 0 Å². The monoisotopic (exact) mass is 352 g/mol. The first-order valence-electron chi connectivity index (χ1n) is 7.89. The number of amides is 1. The Morgan fingerprint density at radius 2 is 2.17 bits per heavy atom. The van der Waals surface area contributed by atoms with Gasteiger partial charge in [0.25, 0.3) is 0 Å². The fraction of sp³-hybridized carbons (Fsp3) is 0.412. The molecule has 1 aromatic heterocycles.